The molecule has 19 heavy (non-hydrogen) atoms. The van der Waals surface area contributed by atoms with E-state index in [0.717, 1.165) is 5.44 Å². The lowest BCUT2D eigenvalue weighted by Crippen LogP contribution is -2.22. The number of rotatable bonds is 3. The third-order valence-corrected chi connectivity index (χ3v) is 5.18. The maximum absolute atomic E-state index is 4.45. The highest BCUT2D eigenvalue weighted by Gasteiger charge is 2.16. The molecule has 0 bridgehead atoms. The van der Waals surface area contributed by atoms with Crippen molar-refractivity contribution in [1.82, 2.24) is 9.97 Å². The van der Waals surface area contributed by atoms with Gasteiger partial charge in [-0.2, -0.15) is 0 Å². The van der Waals surface area contributed by atoms with Gasteiger partial charge in [0.15, 0.2) is 0 Å². The van der Waals surface area contributed by atoms with Crippen LogP contribution in [-0.2, 0) is 0 Å². The highest BCUT2D eigenvalue weighted by atomic mass is 31.1. The average molecular weight is 264 g/mol. The monoisotopic (exact) mass is 264 g/mol. The maximum atomic E-state index is 4.45. The first-order valence-electron chi connectivity index (χ1n) is 6.11. The SMILES string of the molecule is c1ccc(P(c2ccccc2)c2ccncn2)cc1. The molecule has 0 radical (unpaired) electrons. The molecule has 1 aromatic heterocycles. The van der Waals surface area contributed by atoms with Crippen LogP contribution in [0.3, 0.4) is 0 Å². The van der Waals surface area contributed by atoms with Gasteiger partial charge in [0.05, 0.1) is 5.44 Å². The van der Waals surface area contributed by atoms with Crippen LogP contribution in [0.2, 0.25) is 0 Å². The minimum Gasteiger partial charge on any atom is -0.245 e. The summed E-state index contributed by atoms with van der Waals surface area (Å²) in [6.07, 6.45) is 3.43. The highest BCUT2D eigenvalue weighted by Crippen LogP contribution is 2.30. The summed E-state index contributed by atoms with van der Waals surface area (Å²) >= 11 is 0. The molecule has 3 heteroatoms. The van der Waals surface area contributed by atoms with Crippen molar-refractivity contribution in [2.24, 2.45) is 0 Å². The van der Waals surface area contributed by atoms with E-state index in [4.69, 9.17) is 0 Å². The van der Waals surface area contributed by atoms with Crippen LogP contribution in [0.5, 0.6) is 0 Å². The molecular weight excluding hydrogens is 251 g/mol. The van der Waals surface area contributed by atoms with Crippen molar-refractivity contribution in [2.45, 2.75) is 0 Å². The average Bonchev–Trinajstić information content (AvgIpc) is 2.51. The zero-order valence-corrected chi connectivity index (χ0v) is 11.2. The first kappa shape index (κ1) is 12.0. The number of benzene rings is 2. The Bertz CT molecular complexity index is 533. The van der Waals surface area contributed by atoms with Crippen molar-refractivity contribution >= 4 is 24.0 Å². The molecule has 0 unspecified atom stereocenters. The molecule has 0 fully saturated rings. The molecule has 0 saturated heterocycles. The van der Waals surface area contributed by atoms with Crippen molar-refractivity contribution in [2.75, 3.05) is 0 Å². The molecule has 3 rings (SSSR count). The molecule has 0 aliphatic rings. The minimum atomic E-state index is -0.597. The lowest BCUT2D eigenvalue weighted by atomic mass is 10.4. The van der Waals surface area contributed by atoms with Gasteiger partial charge >= 0.3 is 0 Å². The molecule has 0 aliphatic carbocycles. The summed E-state index contributed by atoms with van der Waals surface area (Å²) < 4.78 is 0. The van der Waals surface area contributed by atoms with Crippen LogP contribution >= 0.6 is 7.92 Å². The van der Waals surface area contributed by atoms with Crippen LogP contribution in [0.1, 0.15) is 0 Å². The highest BCUT2D eigenvalue weighted by molar-refractivity contribution is 7.79. The molecule has 0 aliphatic heterocycles. The fraction of sp³-hybridized carbons (Fsp3) is 0. The Morgan fingerprint density at radius 3 is 1.74 bits per heavy atom. The van der Waals surface area contributed by atoms with E-state index in [9.17, 15) is 0 Å². The second kappa shape index (κ2) is 5.73. The Labute approximate surface area is 113 Å². The van der Waals surface area contributed by atoms with E-state index in [1.165, 1.54) is 10.6 Å². The molecule has 0 amide bonds. The Hall–Kier alpha value is -2.05. The van der Waals surface area contributed by atoms with Crippen molar-refractivity contribution in [3.05, 3.63) is 79.3 Å². The first-order chi connectivity index (χ1) is 9.45. The molecular formula is C16H13N2P. The van der Waals surface area contributed by atoms with Gasteiger partial charge in [-0.05, 0) is 16.7 Å². The molecule has 0 atom stereocenters. The van der Waals surface area contributed by atoms with Gasteiger partial charge in [0.25, 0.3) is 0 Å². The molecule has 2 nitrogen and oxygen atoms in total. The van der Waals surface area contributed by atoms with E-state index >= 15 is 0 Å². The van der Waals surface area contributed by atoms with Gasteiger partial charge in [0, 0.05) is 14.1 Å². The van der Waals surface area contributed by atoms with E-state index in [-0.39, 0.29) is 0 Å². The topological polar surface area (TPSA) is 25.8 Å². The summed E-state index contributed by atoms with van der Waals surface area (Å²) in [5.41, 5.74) is 1.09. The smallest absolute Gasteiger partial charge is 0.116 e. The molecule has 3 aromatic rings. The van der Waals surface area contributed by atoms with Crippen LogP contribution in [-0.4, -0.2) is 9.97 Å². The van der Waals surface area contributed by atoms with Crippen LogP contribution < -0.4 is 16.0 Å². The summed E-state index contributed by atoms with van der Waals surface area (Å²) in [5.74, 6) is 0. The summed E-state index contributed by atoms with van der Waals surface area (Å²) in [5, 5.41) is 2.62. The normalized spacial score (nSPS) is 10.6. The number of hydrogen-bond donors (Lipinski definition) is 0. The van der Waals surface area contributed by atoms with Crippen LogP contribution in [0.25, 0.3) is 0 Å². The van der Waals surface area contributed by atoms with Gasteiger partial charge in [-0.15, -0.1) is 0 Å². The van der Waals surface area contributed by atoms with Crippen LogP contribution in [0, 0.1) is 0 Å². The van der Waals surface area contributed by atoms with Crippen molar-refractivity contribution in [1.29, 1.82) is 0 Å². The van der Waals surface area contributed by atoms with Crippen LogP contribution in [0.15, 0.2) is 79.3 Å². The maximum Gasteiger partial charge on any atom is 0.116 e. The third kappa shape index (κ3) is 2.69. The van der Waals surface area contributed by atoms with Gasteiger partial charge < -0.3 is 0 Å². The molecule has 92 valence electrons. The molecule has 2 aromatic carbocycles. The Morgan fingerprint density at radius 1 is 0.684 bits per heavy atom. The standard InChI is InChI=1S/C16H13N2P/c1-3-7-14(8-4-1)19(15-9-5-2-6-10-15)16-11-12-17-13-18-16/h1-13H. The van der Waals surface area contributed by atoms with E-state index < -0.39 is 7.92 Å². The summed E-state index contributed by atoms with van der Waals surface area (Å²) in [4.78, 5) is 8.46. The van der Waals surface area contributed by atoms with Gasteiger partial charge in [-0.3, -0.25) is 0 Å². The molecule has 0 N–H and O–H groups in total. The fourth-order valence-corrected chi connectivity index (χ4v) is 4.13. The number of aromatic nitrogens is 2. The predicted octanol–water partition coefficient (Wildman–Crippen LogP) is 2.23. The van der Waals surface area contributed by atoms with Crippen molar-refractivity contribution in [3.63, 3.8) is 0 Å². The van der Waals surface area contributed by atoms with Crippen molar-refractivity contribution in [3.8, 4) is 0 Å². The third-order valence-electron chi connectivity index (χ3n) is 2.82. The Kier molecular flexibility index (Phi) is 3.62. The first-order valence-corrected chi connectivity index (χ1v) is 7.45. The van der Waals surface area contributed by atoms with Gasteiger partial charge in [-0.25, -0.2) is 9.97 Å². The van der Waals surface area contributed by atoms with Gasteiger partial charge in [0.1, 0.15) is 6.33 Å². The fourth-order valence-electron chi connectivity index (χ4n) is 1.98. The largest absolute Gasteiger partial charge is 0.245 e. The quantitative estimate of drug-likeness (QED) is 0.678. The van der Waals surface area contributed by atoms with Crippen LogP contribution in [0.4, 0.5) is 0 Å². The van der Waals surface area contributed by atoms with E-state index in [1.54, 1.807) is 6.33 Å². The number of nitrogens with zero attached hydrogens (tertiary/aromatic N) is 2. The molecule has 0 spiro atoms. The lowest BCUT2D eigenvalue weighted by Gasteiger charge is -2.17. The number of hydrogen-bond acceptors (Lipinski definition) is 2. The Balaban J connectivity index is 2.12. The summed E-state index contributed by atoms with van der Waals surface area (Å²) in [6.45, 7) is 0. The molecule has 1 heterocycles. The second-order valence-electron chi connectivity index (χ2n) is 4.07. The predicted molar refractivity (Wildman–Crippen MR) is 80.7 cm³/mol. The van der Waals surface area contributed by atoms with E-state index in [0.29, 0.717) is 0 Å². The van der Waals surface area contributed by atoms with E-state index in [2.05, 4.69) is 58.5 Å². The summed E-state index contributed by atoms with van der Waals surface area (Å²) in [7, 11) is -0.597. The zero-order valence-electron chi connectivity index (χ0n) is 10.3. The zero-order chi connectivity index (χ0) is 12.9. The van der Waals surface area contributed by atoms with E-state index in [1.807, 2.05) is 24.4 Å². The minimum absolute atomic E-state index is 0.597. The van der Waals surface area contributed by atoms with Gasteiger partial charge in [-0.1, -0.05) is 60.7 Å². The summed E-state index contributed by atoms with van der Waals surface area (Å²) in [6, 6.07) is 23.1. The lowest BCUT2D eigenvalue weighted by molar-refractivity contribution is 1.20. The second-order valence-corrected chi connectivity index (χ2v) is 6.24. The van der Waals surface area contributed by atoms with Gasteiger partial charge in [0.2, 0.25) is 0 Å². The van der Waals surface area contributed by atoms with Crippen molar-refractivity contribution < 1.29 is 0 Å². The molecule has 0 saturated carbocycles. The Morgan fingerprint density at radius 2 is 1.26 bits per heavy atom.